The Morgan fingerprint density at radius 1 is 1.45 bits per heavy atom. The highest BCUT2D eigenvalue weighted by molar-refractivity contribution is 5.88. The average molecular weight is 306 g/mol. The van der Waals surface area contributed by atoms with Crippen molar-refractivity contribution in [3.63, 3.8) is 0 Å². The summed E-state index contributed by atoms with van der Waals surface area (Å²) in [5.41, 5.74) is -1.27. The van der Waals surface area contributed by atoms with Gasteiger partial charge in [-0.25, -0.2) is 9.48 Å². The Morgan fingerprint density at radius 2 is 2.23 bits per heavy atom. The minimum atomic E-state index is -1.27. The largest absolute Gasteiger partial charge is 0.463 e. The van der Waals surface area contributed by atoms with Crippen molar-refractivity contribution in [2.75, 3.05) is 11.9 Å². The standard InChI is InChI=1S/C15H22N4O3/c1-4-9-19-13(7-8-17-19)18-14(20)16-10-15(3,21)12-6-5-11(2)22-12/h5-8,21H,4,9-10H2,1-3H3,(H2,16,18,20). The van der Waals surface area contributed by atoms with E-state index in [0.717, 1.165) is 13.0 Å². The zero-order valence-electron chi connectivity index (χ0n) is 13.1. The van der Waals surface area contributed by atoms with Gasteiger partial charge >= 0.3 is 6.03 Å². The molecular formula is C15H22N4O3. The Balaban J connectivity index is 1.91. The van der Waals surface area contributed by atoms with Crippen LogP contribution < -0.4 is 10.6 Å². The summed E-state index contributed by atoms with van der Waals surface area (Å²) in [5.74, 6) is 1.75. The highest BCUT2D eigenvalue weighted by Crippen LogP contribution is 2.21. The van der Waals surface area contributed by atoms with Gasteiger partial charge in [-0.3, -0.25) is 5.32 Å². The van der Waals surface area contributed by atoms with Crippen molar-refractivity contribution in [2.45, 2.75) is 39.3 Å². The quantitative estimate of drug-likeness (QED) is 0.763. The van der Waals surface area contributed by atoms with E-state index in [1.165, 1.54) is 0 Å². The molecule has 1 unspecified atom stereocenters. The number of carbonyl (C=O) groups is 1. The molecule has 2 amide bonds. The third-order valence-electron chi connectivity index (χ3n) is 3.26. The molecule has 2 rings (SSSR count). The molecule has 0 aromatic carbocycles. The lowest BCUT2D eigenvalue weighted by Gasteiger charge is -2.21. The van der Waals surface area contributed by atoms with Crippen molar-refractivity contribution in [1.82, 2.24) is 15.1 Å². The van der Waals surface area contributed by atoms with Crippen LogP contribution in [0.2, 0.25) is 0 Å². The van der Waals surface area contributed by atoms with Gasteiger partial charge in [-0.1, -0.05) is 6.92 Å². The number of urea groups is 1. The van der Waals surface area contributed by atoms with Crippen molar-refractivity contribution < 1.29 is 14.3 Å². The Labute approximate surface area is 129 Å². The molecule has 0 aliphatic heterocycles. The number of hydrogen-bond acceptors (Lipinski definition) is 4. The fourth-order valence-corrected chi connectivity index (χ4v) is 2.05. The average Bonchev–Trinajstić information content (AvgIpc) is 3.07. The SMILES string of the molecule is CCCn1nccc1NC(=O)NCC(C)(O)c1ccc(C)o1. The second kappa shape index (κ2) is 6.65. The van der Waals surface area contributed by atoms with Crippen LogP contribution in [0.4, 0.5) is 10.6 Å². The summed E-state index contributed by atoms with van der Waals surface area (Å²) in [5, 5.41) is 19.8. The second-order valence-electron chi connectivity index (χ2n) is 5.43. The fourth-order valence-electron chi connectivity index (χ4n) is 2.05. The van der Waals surface area contributed by atoms with Crippen LogP contribution in [0.1, 0.15) is 31.8 Å². The van der Waals surface area contributed by atoms with Crippen molar-refractivity contribution >= 4 is 11.8 Å². The number of aromatic nitrogens is 2. The summed E-state index contributed by atoms with van der Waals surface area (Å²) in [6, 6.07) is 4.79. The Kier molecular flexibility index (Phi) is 4.87. The summed E-state index contributed by atoms with van der Waals surface area (Å²) in [7, 11) is 0. The molecule has 7 nitrogen and oxygen atoms in total. The number of nitrogens with one attached hydrogen (secondary N) is 2. The van der Waals surface area contributed by atoms with Gasteiger partial charge in [0, 0.05) is 12.6 Å². The van der Waals surface area contributed by atoms with E-state index in [0.29, 0.717) is 17.3 Å². The van der Waals surface area contributed by atoms with Gasteiger partial charge in [-0.2, -0.15) is 5.10 Å². The smallest absolute Gasteiger partial charge is 0.320 e. The molecule has 7 heteroatoms. The minimum absolute atomic E-state index is 0.0354. The summed E-state index contributed by atoms with van der Waals surface area (Å²) in [6.07, 6.45) is 2.55. The molecule has 0 saturated heterocycles. The first-order chi connectivity index (χ1) is 10.4. The number of nitrogens with zero attached hydrogens (tertiary/aromatic N) is 2. The van der Waals surface area contributed by atoms with Crippen LogP contribution >= 0.6 is 0 Å². The molecule has 2 aromatic heterocycles. The lowest BCUT2D eigenvalue weighted by atomic mass is 10.0. The second-order valence-corrected chi connectivity index (χ2v) is 5.43. The lowest BCUT2D eigenvalue weighted by Crippen LogP contribution is -2.40. The van der Waals surface area contributed by atoms with Crippen LogP contribution in [-0.4, -0.2) is 27.5 Å². The fraction of sp³-hybridized carbons (Fsp3) is 0.467. The molecule has 0 aliphatic carbocycles. The summed E-state index contributed by atoms with van der Waals surface area (Å²) in [6.45, 7) is 6.19. The van der Waals surface area contributed by atoms with Gasteiger partial charge in [0.15, 0.2) is 0 Å². The number of rotatable bonds is 6. The number of carbonyl (C=O) groups excluding carboxylic acids is 1. The monoisotopic (exact) mass is 306 g/mol. The van der Waals surface area contributed by atoms with Gasteiger partial charge in [0.25, 0.3) is 0 Å². The van der Waals surface area contributed by atoms with Gasteiger partial charge < -0.3 is 14.8 Å². The molecule has 120 valence electrons. The third-order valence-corrected chi connectivity index (χ3v) is 3.26. The maximum atomic E-state index is 11.9. The zero-order chi connectivity index (χ0) is 16.2. The molecule has 0 aliphatic rings. The van der Waals surface area contributed by atoms with Gasteiger partial charge in [0.2, 0.25) is 0 Å². The molecule has 3 N–H and O–H groups in total. The van der Waals surface area contributed by atoms with Crippen LogP contribution in [0.3, 0.4) is 0 Å². The zero-order valence-corrected chi connectivity index (χ0v) is 13.1. The molecule has 0 fully saturated rings. The van der Waals surface area contributed by atoms with Gasteiger partial charge in [-0.15, -0.1) is 0 Å². The first-order valence-electron chi connectivity index (χ1n) is 7.28. The van der Waals surface area contributed by atoms with Crippen molar-refractivity contribution in [3.8, 4) is 0 Å². The summed E-state index contributed by atoms with van der Waals surface area (Å²) >= 11 is 0. The van der Waals surface area contributed by atoms with E-state index in [1.54, 1.807) is 42.9 Å². The normalized spacial score (nSPS) is 13.6. The van der Waals surface area contributed by atoms with Crippen LogP contribution in [0.15, 0.2) is 28.8 Å². The highest BCUT2D eigenvalue weighted by Gasteiger charge is 2.27. The van der Waals surface area contributed by atoms with Crippen molar-refractivity contribution in [2.24, 2.45) is 0 Å². The molecule has 0 bridgehead atoms. The Morgan fingerprint density at radius 3 is 2.86 bits per heavy atom. The molecule has 2 aromatic rings. The maximum Gasteiger partial charge on any atom is 0.320 e. The number of hydrogen-bond donors (Lipinski definition) is 3. The third kappa shape index (κ3) is 3.88. The molecule has 0 saturated carbocycles. The number of aryl methyl sites for hydroxylation is 2. The van der Waals surface area contributed by atoms with E-state index in [2.05, 4.69) is 15.7 Å². The van der Waals surface area contributed by atoms with E-state index in [9.17, 15) is 9.90 Å². The Bertz CT molecular complexity index is 630. The van der Waals surface area contributed by atoms with E-state index in [-0.39, 0.29) is 6.54 Å². The predicted molar refractivity (Wildman–Crippen MR) is 82.6 cm³/mol. The van der Waals surface area contributed by atoms with Crippen LogP contribution in [-0.2, 0) is 12.1 Å². The van der Waals surface area contributed by atoms with Crippen molar-refractivity contribution in [3.05, 3.63) is 35.9 Å². The predicted octanol–water partition coefficient (Wildman–Crippen LogP) is 2.22. The van der Waals surface area contributed by atoms with Crippen LogP contribution in [0, 0.1) is 6.92 Å². The molecule has 0 radical (unpaired) electrons. The molecular weight excluding hydrogens is 284 g/mol. The van der Waals surface area contributed by atoms with Crippen LogP contribution in [0.25, 0.3) is 0 Å². The van der Waals surface area contributed by atoms with E-state index in [1.807, 2.05) is 6.92 Å². The van der Waals surface area contributed by atoms with Gasteiger partial charge in [-0.05, 0) is 32.4 Å². The summed E-state index contributed by atoms with van der Waals surface area (Å²) in [4.78, 5) is 11.9. The van der Waals surface area contributed by atoms with E-state index < -0.39 is 11.6 Å². The summed E-state index contributed by atoms with van der Waals surface area (Å²) < 4.78 is 7.12. The van der Waals surface area contributed by atoms with Crippen LogP contribution in [0.5, 0.6) is 0 Å². The van der Waals surface area contributed by atoms with Gasteiger partial charge in [0.05, 0.1) is 12.7 Å². The lowest BCUT2D eigenvalue weighted by molar-refractivity contribution is 0.0364. The Hall–Kier alpha value is -2.28. The highest BCUT2D eigenvalue weighted by atomic mass is 16.4. The maximum absolute atomic E-state index is 11.9. The van der Waals surface area contributed by atoms with E-state index in [4.69, 9.17) is 4.42 Å². The molecule has 1 atom stereocenters. The number of anilines is 1. The van der Waals surface area contributed by atoms with E-state index >= 15 is 0 Å². The number of amides is 2. The van der Waals surface area contributed by atoms with Crippen molar-refractivity contribution in [1.29, 1.82) is 0 Å². The topological polar surface area (TPSA) is 92.3 Å². The molecule has 0 spiro atoms. The van der Waals surface area contributed by atoms with Gasteiger partial charge in [0.1, 0.15) is 22.9 Å². The number of furan rings is 1. The number of aliphatic hydroxyl groups is 1. The molecule has 2 heterocycles. The molecule has 22 heavy (non-hydrogen) atoms. The first kappa shape index (κ1) is 16.1. The first-order valence-corrected chi connectivity index (χ1v) is 7.28. The minimum Gasteiger partial charge on any atom is -0.463 e.